The van der Waals surface area contributed by atoms with Gasteiger partial charge in [-0.15, -0.1) is 10.2 Å². The Morgan fingerprint density at radius 3 is 2.73 bits per heavy atom. The first-order valence-corrected chi connectivity index (χ1v) is 7.10. The predicted octanol–water partition coefficient (Wildman–Crippen LogP) is 3.41. The number of benzene rings is 1. The van der Waals surface area contributed by atoms with E-state index in [1.54, 1.807) is 6.20 Å². The molecule has 0 aliphatic heterocycles. The first kappa shape index (κ1) is 14.1. The van der Waals surface area contributed by atoms with Crippen molar-refractivity contribution in [1.82, 2.24) is 9.55 Å². The third-order valence-electron chi connectivity index (χ3n) is 3.39. The van der Waals surface area contributed by atoms with E-state index in [4.69, 9.17) is 5.73 Å². The third kappa shape index (κ3) is 3.41. The maximum absolute atomic E-state index is 5.68. The third-order valence-corrected chi connectivity index (χ3v) is 3.39. The Balaban J connectivity index is 1.58. The topological polar surface area (TPSA) is 80.6 Å². The van der Waals surface area contributed by atoms with Crippen molar-refractivity contribution in [1.29, 1.82) is 0 Å². The van der Waals surface area contributed by atoms with Gasteiger partial charge < -0.3 is 15.6 Å². The summed E-state index contributed by atoms with van der Waals surface area (Å²) in [5.74, 6) is 0.594. The van der Waals surface area contributed by atoms with E-state index >= 15 is 0 Å². The van der Waals surface area contributed by atoms with Gasteiger partial charge in [0.15, 0.2) is 0 Å². The molecule has 0 fully saturated rings. The molecule has 6 heteroatoms. The average molecular weight is 294 g/mol. The van der Waals surface area contributed by atoms with Gasteiger partial charge in [0.2, 0.25) is 5.95 Å². The van der Waals surface area contributed by atoms with E-state index in [1.807, 2.05) is 48.2 Å². The zero-order valence-corrected chi connectivity index (χ0v) is 12.3. The Hall–Kier alpha value is -2.89. The number of aromatic nitrogens is 2. The van der Waals surface area contributed by atoms with E-state index < -0.39 is 0 Å². The molecule has 0 amide bonds. The van der Waals surface area contributed by atoms with Crippen molar-refractivity contribution >= 4 is 17.3 Å². The van der Waals surface area contributed by atoms with Crippen molar-refractivity contribution < 1.29 is 0 Å². The van der Waals surface area contributed by atoms with E-state index in [2.05, 4.69) is 32.7 Å². The van der Waals surface area contributed by atoms with Crippen molar-refractivity contribution in [2.45, 2.75) is 12.5 Å². The lowest BCUT2D eigenvalue weighted by Gasteiger charge is -2.17. The minimum atomic E-state index is 0.246. The normalized spacial score (nSPS) is 17.7. The number of nitrogens with zero attached hydrogens (tertiary/aromatic N) is 4. The number of nitrogens with two attached hydrogens (primary N) is 1. The molecular weight excluding hydrogens is 276 g/mol. The van der Waals surface area contributed by atoms with Crippen molar-refractivity contribution in [3.05, 3.63) is 60.6 Å². The summed E-state index contributed by atoms with van der Waals surface area (Å²) in [6.07, 6.45) is 10.5. The smallest absolute Gasteiger partial charge is 0.249 e. The van der Waals surface area contributed by atoms with Crippen LogP contribution in [0.5, 0.6) is 0 Å². The molecular formula is C16H18N6. The van der Waals surface area contributed by atoms with Crippen molar-refractivity contribution in [2.75, 3.05) is 11.1 Å². The number of allylic oxidation sites excluding steroid dienone is 1. The molecule has 0 saturated carbocycles. The molecule has 1 heterocycles. The Labute approximate surface area is 129 Å². The number of anilines is 2. The molecule has 6 nitrogen and oxygen atoms in total. The number of nitrogen functional groups attached to an aromatic ring is 1. The second-order valence-electron chi connectivity index (χ2n) is 5.13. The van der Waals surface area contributed by atoms with E-state index in [0.717, 1.165) is 23.5 Å². The SMILES string of the molecule is Cn1ccnc1N=NC1=CCC(Nc2ccc(N)cc2)C=C1. The van der Waals surface area contributed by atoms with Crippen LogP contribution in [0.15, 0.2) is 70.8 Å². The predicted molar refractivity (Wildman–Crippen MR) is 87.8 cm³/mol. The fourth-order valence-electron chi connectivity index (χ4n) is 2.14. The average Bonchev–Trinajstić information content (AvgIpc) is 2.94. The minimum absolute atomic E-state index is 0.246. The molecule has 112 valence electrons. The van der Waals surface area contributed by atoms with Crippen LogP contribution in [0.2, 0.25) is 0 Å². The second kappa shape index (κ2) is 6.26. The van der Waals surface area contributed by atoms with Gasteiger partial charge in [0, 0.05) is 36.9 Å². The summed E-state index contributed by atoms with van der Waals surface area (Å²) in [5, 5.41) is 11.8. The molecule has 1 unspecified atom stereocenters. The van der Waals surface area contributed by atoms with Gasteiger partial charge >= 0.3 is 0 Å². The van der Waals surface area contributed by atoms with Gasteiger partial charge in [0.05, 0.1) is 5.70 Å². The van der Waals surface area contributed by atoms with Crippen molar-refractivity contribution in [3.8, 4) is 0 Å². The molecule has 3 rings (SSSR count). The summed E-state index contributed by atoms with van der Waals surface area (Å²) in [4.78, 5) is 4.11. The summed E-state index contributed by atoms with van der Waals surface area (Å²) in [6, 6.07) is 7.97. The molecule has 0 saturated heterocycles. The molecule has 2 aromatic rings. The van der Waals surface area contributed by atoms with Crippen LogP contribution in [0.4, 0.5) is 17.3 Å². The number of aryl methyl sites for hydroxylation is 1. The fourth-order valence-corrected chi connectivity index (χ4v) is 2.14. The molecule has 0 spiro atoms. The van der Waals surface area contributed by atoms with Gasteiger partial charge in [-0.1, -0.05) is 12.2 Å². The highest BCUT2D eigenvalue weighted by Crippen LogP contribution is 2.19. The molecule has 3 N–H and O–H groups in total. The van der Waals surface area contributed by atoms with Crippen LogP contribution in [-0.4, -0.2) is 15.6 Å². The van der Waals surface area contributed by atoms with Gasteiger partial charge in [-0.25, -0.2) is 4.98 Å². The summed E-state index contributed by atoms with van der Waals surface area (Å²) < 4.78 is 1.82. The first-order chi connectivity index (χ1) is 10.7. The monoisotopic (exact) mass is 294 g/mol. The number of azo groups is 1. The molecule has 1 aromatic heterocycles. The minimum Gasteiger partial charge on any atom is -0.399 e. The largest absolute Gasteiger partial charge is 0.399 e. The standard InChI is InChI=1S/C16H18N6/c1-22-11-10-18-16(22)21-20-15-8-6-14(7-9-15)19-13-4-2-12(17)3-5-13/h2-6,8-11,14,19H,7,17H2,1H3. The van der Waals surface area contributed by atoms with E-state index in [9.17, 15) is 0 Å². The highest BCUT2D eigenvalue weighted by atomic mass is 15.2. The molecule has 1 aliphatic carbocycles. The summed E-state index contributed by atoms with van der Waals surface area (Å²) in [5.41, 5.74) is 8.34. The van der Waals surface area contributed by atoms with Crippen molar-refractivity contribution in [2.24, 2.45) is 17.3 Å². The highest BCUT2D eigenvalue weighted by molar-refractivity contribution is 5.52. The molecule has 0 bridgehead atoms. The van der Waals surface area contributed by atoms with Crippen LogP contribution in [0.1, 0.15) is 6.42 Å². The van der Waals surface area contributed by atoms with Crippen LogP contribution in [0.3, 0.4) is 0 Å². The molecule has 22 heavy (non-hydrogen) atoms. The van der Waals surface area contributed by atoms with Gasteiger partial charge in [0.25, 0.3) is 0 Å². The number of rotatable bonds is 4. The van der Waals surface area contributed by atoms with Crippen LogP contribution in [0, 0.1) is 0 Å². The summed E-state index contributed by atoms with van der Waals surface area (Å²) >= 11 is 0. The summed E-state index contributed by atoms with van der Waals surface area (Å²) in [7, 11) is 1.89. The number of imidazole rings is 1. The molecule has 1 aliphatic rings. The van der Waals surface area contributed by atoms with Gasteiger partial charge in [-0.05, 0) is 36.8 Å². The lowest BCUT2D eigenvalue weighted by molar-refractivity contribution is 0.857. The van der Waals surface area contributed by atoms with Crippen LogP contribution in [-0.2, 0) is 7.05 Å². The van der Waals surface area contributed by atoms with Gasteiger partial charge in [0.1, 0.15) is 0 Å². The Kier molecular flexibility index (Phi) is 4.00. The Morgan fingerprint density at radius 2 is 2.09 bits per heavy atom. The maximum atomic E-state index is 5.68. The van der Waals surface area contributed by atoms with E-state index in [0.29, 0.717) is 5.95 Å². The van der Waals surface area contributed by atoms with Gasteiger partial charge in [-0.3, -0.25) is 0 Å². The van der Waals surface area contributed by atoms with Crippen LogP contribution in [0.25, 0.3) is 0 Å². The van der Waals surface area contributed by atoms with Gasteiger partial charge in [-0.2, -0.15) is 0 Å². The maximum Gasteiger partial charge on any atom is 0.249 e. The second-order valence-corrected chi connectivity index (χ2v) is 5.13. The lowest BCUT2D eigenvalue weighted by Crippen LogP contribution is -2.17. The quantitative estimate of drug-likeness (QED) is 0.669. The number of hydrogen-bond acceptors (Lipinski definition) is 5. The van der Waals surface area contributed by atoms with Crippen molar-refractivity contribution in [3.63, 3.8) is 0 Å². The number of hydrogen-bond donors (Lipinski definition) is 2. The lowest BCUT2D eigenvalue weighted by atomic mass is 10.1. The molecule has 1 atom stereocenters. The first-order valence-electron chi connectivity index (χ1n) is 7.10. The fraction of sp³-hybridized carbons (Fsp3) is 0.188. The zero-order chi connectivity index (χ0) is 15.4. The zero-order valence-electron chi connectivity index (χ0n) is 12.3. The Bertz CT molecular complexity index is 723. The van der Waals surface area contributed by atoms with Crippen LogP contribution >= 0.6 is 0 Å². The van der Waals surface area contributed by atoms with E-state index in [-0.39, 0.29) is 6.04 Å². The number of nitrogens with one attached hydrogen (secondary N) is 1. The summed E-state index contributed by atoms with van der Waals surface area (Å²) in [6.45, 7) is 0. The Morgan fingerprint density at radius 1 is 1.27 bits per heavy atom. The molecule has 1 aromatic carbocycles. The molecule has 0 radical (unpaired) electrons. The van der Waals surface area contributed by atoms with Crippen LogP contribution < -0.4 is 11.1 Å². The highest BCUT2D eigenvalue weighted by Gasteiger charge is 2.08. The van der Waals surface area contributed by atoms with E-state index in [1.165, 1.54) is 0 Å².